The fraction of sp³-hybridized carbons (Fsp3) is 0.0769. The predicted molar refractivity (Wildman–Crippen MR) is 137 cm³/mol. The lowest BCUT2D eigenvalue weighted by Gasteiger charge is -2.16. The van der Waals surface area contributed by atoms with Crippen molar-refractivity contribution in [2.45, 2.75) is 13.3 Å². The largest absolute Gasteiger partial charge is 0.337 e. The number of anilines is 1. The topological polar surface area (TPSA) is 142 Å². The average Bonchev–Trinajstić information content (AvgIpc) is 3.56. The van der Waals surface area contributed by atoms with Crippen LogP contribution in [0.5, 0.6) is 0 Å². The third-order valence-corrected chi connectivity index (χ3v) is 6.03. The average molecular weight is 476 g/mol. The smallest absolute Gasteiger partial charge is 0.240 e. The number of amides is 1. The minimum atomic E-state index is -0.199. The summed E-state index contributed by atoms with van der Waals surface area (Å²) in [6.07, 6.45) is 8.86. The van der Waals surface area contributed by atoms with E-state index in [2.05, 4.69) is 30.1 Å². The van der Waals surface area contributed by atoms with Gasteiger partial charge in [0.25, 0.3) is 0 Å². The SMILES string of the molecule is CCC(=O)N(N)c1cncc(-c2cnc3[nH]nc(-c4nc5c(-c6cccnc6)cccc5[nH]4)c3c2)c1. The number of hydrogen-bond acceptors (Lipinski definition) is 7. The third kappa shape index (κ3) is 3.65. The summed E-state index contributed by atoms with van der Waals surface area (Å²) in [7, 11) is 0. The van der Waals surface area contributed by atoms with Gasteiger partial charge in [-0.05, 0) is 24.3 Å². The molecule has 0 saturated heterocycles. The zero-order chi connectivity index (χ0) is 24.6. The number of H-pyrrole nitrogens is 2. The molecule has 176 valence electrons. The molecule has 6 rings (SSSR count). The van der Waals surface area contributed by atoms with E-state index in [0.717, 1.165) is 43.7 Å². The maximum Gasteiger partial charge on any atom is 0.240 e. The molecule has 0 saturated carbocycles. The minimum Gasteiger partial charge on any atom is -0.337 e. The number of rotatable bonds is 5. The van der Waals surface area contributed by atoms with Crippen LogP contribution in [-0.2, 0) is 4.79 Å². The van der Waals surface area contributed by atoms with E-state index >= 15 is 0 Å². The number of nitrogens with one attached hydrogen (secondary N) is 2. The maximum absolute atomic E-state index is 12.0. The fourth-order valence-electron chi connectivity index (χ4n) is 4.17. The Hall–Kier alpha value is -4.96. The second kappa shape index (κ2) is 8.67. The van der Waals surface area contributed by atoms with Crippen molar-refractivity contribution in [2.75, 3.05) is 5.01 Å². The first kappa shape index (κ1) is 21.6. The minimum absolute atomic E-state index is 0.199. The molecule has 4 N–H and O–H groups in total. The summed E-state index contributed by atoms with van der Waals surface area (Å²) in [5, 5.41) is 9.40. The highest BCUT2D eigenvalue weighted by molar-refractivity contribution is 5.97. The molecule has 5 heterocycles. The number of carbonyl (C=O) groups excluding carboxylic acids is 1. The molecule has 0 aliphatic heterocycles. The van der Waals surface area contributed by atoms with Crippen LogP contribution in [0.1, 0.15) is 13.3 Å². The molecule has 0 atom stereocenters. The summed E-state index contributed by atoms with van der Waals surface area (Å²) in [6, 6.07) is 13.7. The first-order valence-corrected chi connectivity index (χ1v) is 11.4. The Morgan fingerprint density at radius 2 is 1.86 bits per heavy atom. The molecule has 0 aliphatic rings. The van der Waals surface area contributed by atoms with Crippen molar-refractivity contribution in [1.29, 1.82) is 0 Å². The van der Waals surface area contributed by atoms with Crippen LogP contribution < -0.4 is 10.9 Å². The zero-order valence-electron chi connectivity index (χ0n) is 19.3. The molecule has 0 fully saturated rings. The number of carbonyl (C=O) groups is 1. The van der Waals surface area contributed by atoms with Crippen molar-refractivity contribution in [1.82, 2.24) is 35.1 Å². The fourth-order valence-corrected chi connectivity index (χ4v) is 4.17. The van der Waals surface area contributed by atoms with Gasteiger partial charge in [-0.1, -0.05) is 25.1 Å². The first-order valence-electron chi connectivity index (χ1n) is 11.4. The van der Waals surface area contributed by atoms with E-state index in [1.54, 1.807) is 31.7 Å². The standard InChI is InChI=1S/C26H21N9O/c1-2-22(36)35(27)18-9-16(12-29-14-18)17-10-20-24(33-34-25(20)30-13-17)26-31-21-7-3-6-19(23(21)32-26)15-5-4-8-28-11-15/h3-14H,2,27H2,1H3,(H,31,32)(H,30,33,34). The highest BCUT2D eigenvalue weighted by Gasteiger charge is 2.17. The van der Waals surface area contributed by atoms with Gasteiger partial charge in [-0.15, -0.1) is 0 Å². The van der Waals surface area contributed by atoms with Crippen molar-refractivity contribution < 1.29 is 4.79 Å². The van der Waals surface area contributed by atoms with Crippen LogP contribution in [0.25, 0.3) is 55.8 Å². The molecule has 6 aromatic rings. The van der Waals surface area contributed by atoms with Crippen molar-refractivity contribution in [3.63, 3.8) is 0 Å². The molecule has 1 amide bonds. The molecule has 10 nitrogen and oxygen atoms in total. The number of hydrogen-bond donors (Lipinski definition) is 3. The Morgan fingerprint density at radius 3 is 2.69 bits per heavy atom. The van der Waals surface area contributed by atoms with Crippen molar-refractivity contribution in [3.05, 3.63) is 73.4 Å². The summed E-state index contributed by atoms with van der Waals surface area (Å²) in [6.45, 7) is 1.76. The van der Waals surface area contributed by atoms with Gasteiger partial charge >= 0.3 is 0 Å². The number of pyridine rings is 3. The first-order chi connectivity index (χ1) is 17.6. The van der Waals surface area contributed by atoms with E-state index < -0.39 is 0 Å². The van der Waals surface area contributed by atoms with Gasteiger partial charge in [0.1, 0.15) is 5.69 Å². The molecule has 10 heteroatoms. The van der Waals surface area contributed by atoms with Crippen LogP contribution in [0.15, 0.2) is 73.4 Å². The zero-order valence-corrected chi connectivity index (χ0v) is 19.3. The van der Waals surface area contributed by atoms with E-state index in [9.17, 15) is 4.79 Å². The predicted octanol–water partition coefficient (Wildman–Crippen LogP) is 4.24. The number of hydrazine groups is 1. The molecular weight excluding hydrogens is 454 g/mol. The Bertz CT molecular complexity index is 1720. The molecular formula is C26H21N9O. The second-order valence-electron chi connectivity index (χ2n) is 8.27. The van der Waals surface area contributed by atoms with Crippen molar-refractivity contribution in [2.24, 2.45) is 5.84 Å². The van der Waals surface area contributed by atoms with Crippen molar-refractivity contribution in [3.8, 4) is 33.8 Å². The molecule has 0 unspecified atom stereocenters. The number of nitrogens with two attached hydrogens (primary N) is 1. The summed E-state index contributed by atoms with van der Waals surface area (Å²) in [5.41, 5.74) is 7.07. The van der Waals surface area contributed by atoms with Gasteiger partial charge in [0.2, 0.25) is 5.91 Å². The van der Waals surface area contributed by atoms with Crippen molar-refractivity contribution >= 4 is 33.7 Å². The van der Waals surface area contributed by atoms with Crippen LogP contribution in [0.4, 0.5) is 5.69 Å². The van der Waals surface area contributed by atoms with E-state index in [1.165, 1.54) is 0 Å². The third-order valence-electron chi connectivity index (χ3n) is 6.03. The van der Waals surface area contributed by atoms with Crippen LogP contribution in [0.3, 0.4) is 0 Å². The van der Waals surface area contributed by atoms with Crippen LogP contribution in [0.2, 0.25) is 0 Å². The van der Waals surface area contributed by atoms with Gasteiger partial charge in [0.05, 0.1) is 28.3 Å². The summed E-state index contributed by atoms with van der Waals surface area (Å²) in [4.78, 5) is 33.3. The monoisotopic (exact) mass is 475 g/mol. The van der Waals surface area contributed by atoms with E-state index in [-0.39, 0.29) is 5.91 Å². The summed E-state index contributed by atoms with van der Waals surface area (Å²) in [5.74, 6) is 6.38. The lowest BCUT2D eigenvalue weighted by atomic mass is 10.1. The number of fused-ring (bicyclic) bond motifs is 2. The number of benzene rings is 1. The van der Waals surface area contributed by atoms with Gasteiger partial charge in [-0.25, -0.2) is 20.8 Å². The van der Waals surface area contributed by atoms with E-state index in [1.807, 2.05) is 48.7 Å². The molecule has 0 radical (unpaired) electrons. The normalized spacial score (nSPS) is 11.3. The highest BCUT2D eigenvalue weighted by atomic mass is 16.2. The molecule has 5 aromatic heterocycles. The quantitative estimate of drug-likeness (QED) is 0.192. The number of para-hydroxylation sites is 1. The number of aromatic nitrogens is 7. The maximum atomic E-state index is 12.0. The van der Waals surface area contributed by atoms with Crippen LogP contribution in [-0.4, -0.2) is 41.0 Å². The Morgan fingerprint density at radius 1 is 1.00 bits per heavy atom. The molecule has 0 bridgehead atoms. The number of imidazole rings is 1. The lowest BCUT2D eigenvalue weighted by Crippen LogP contribution is -2.36. The number of nitrogens with zero attached hydrogens (tertiary/aromatic N) is 6. The van der Waals surface area contributed by atoms with E-state index in [4.69, 9.17) is 10.8 Å². The molecule has 1 aromatic carbocycles. The summed E-state index contributed by atoms with van der Waals surface area (Å²) >= 11 is 0. The van der Waals surface area contributed by atoms with Gasteiger partial charge in [0, 0.05) is 53.5 Å². The molecule has 36 heavy (non-hydrogen) atoms. The number of aromatic amines is 2. The summed E-state index contributed by atoms with van der Waals surface area (Å²) < 4.78 is 0. The van der Waals surface area contributed by atoms with Crippen LogP contribution >= 0.6 is 0 Å². The van der Waals surface area contributed by atoms with E-state index in [0.29, 0.717) is 29.3 Å². The second-order valence-corrected chi connectivity index (χ2v) is 8.27. The lowest BCUT2D eigenvalue weighted by molar-refractivity contribution is -0.118. The van der Waals surface area contributed by atoms with Gasteiger partial charge in [-0.3, -0.25) is 19.9 Å². The Kier molecular flexibility index (Phi) is 5.20. The Balaban J connectivity index is 1.44. The molecule has 0 spiro atoms. The van der Waals surface area contributed by atoms with Gasteiger partial charge in [0.15, 0.2) is 11.5 Å². The van der Waals surface area contributed by atoms with Gasteiger partial charge < -0.3 is 4.98 Å². The highest BCUT2D eigenvalue weighted by Crippen LogP contribution is 2.32. The van der Waals surface area contributed by atoms with Crippen LogP contribution in [0, 0.1) is 0 Å². The van der Waals surface area contributed by atoms with Gasteiger partial charge in [-0.2, -0.15) is 5.10 Å². The molecule has 0 aliphatic carbocycles. The Labute approximate surface area is 205 Å².